The Kier molecular flexibility index (Phi) is 6.73. The van der Waals surface area contributed by atoms with Crippen LogP contribution in [0.2, 0.25) is 0 Å². The van der Waals surface area contributed by atoms with E-state index in [0.29, 0.717) is 18.9 Å². The van der Waals surface area contributed by atoms with Crippen molar-refractivity contribution in [2.75, 3.05) is 25.4 Å². The number of terminal acetylenes is 1. The van der Waals surface area contributed by atoms with E-state index in [-0.39, 0.29) is 11.9 Å². The summed E-state index contributed by atoms with van der Waals surface area (Å²) in [6.07, 6.45) is 6.90. The second-order valence-electron chi connectivity index (χ2n) is 7.51. The summed E-state index contributed by atoms with van der Waals surface area (Å²) in [6.45, 7) is 4.97. The topological polar surface area (TPSA) is 55.6 Å². The van der Waals surface area contributed by atoms with E-state index in [0.717, 1.165) is 37.3 Å². The standard InChI is InChI=1S/C24H28N2O2/c1-3-18-5-7-19(8-6-18)15-26-16-20(14-24(27)28-4-2)13-22(17-26)21-9-11-23(25)12-10-21/h1,5-12,20,22H,4,13-17,25H2,2H3/t20-,22+/m1/s1. The minimum Gasteiger partial charge on any atom is -0.466 e. The lowest BCUT2D eigenvalue weighted by Gasteiger charge is -2.38. The van der Waals surface area contributed by atoms with Crippen LogP contribution in [0.1, 0.15) is 42.4 Å². The predicted octanol–water partition coefficient (Wildman–Crippen LogP) is 3.81. The molecule has 2 atom stereocenters. The number of hydrogen-bond donors (Lipinski definition) is 1. The van der Waals surface area contributed by atoms with Crippen molar-refractivity contribution < 1.29 is 9.53 Å². The largest absolute Gasteiger partial charge is 0.466 e. The number of carbonyl (C=O) groups excluding carboxylic acids is 1. The first kappa shape index (κ1) is 20.0. The van der Waals surface area contributed by atoms with E-state index in [9.17, 15) is 4.79 Å². The summed E-state index contributed by atoms with van der Waals surface area (Å²) in [4.78, 5) is 14.5. The molecule has 0 amide bonds. The molecule has 0 unspecified atom stereocenters. The van der Waals surface area contributed by atoms with Gasteiger partial charge in [0.1, 0.15) is 0 Å². The zero-order valence-corrected chi connectivity index (χ0v) is 16.4. The highest BCUT2D eigenvalue weighted by molar-refractivity contribution is 5.69. The van der Waals surface area contributed by atoms with E-state index in [2.05, 4.69) is 35.1 Å². The van der Waals surface area contributed by atoms with E-state index >= 15 is 0 Å². The maximum atomic E-state index is 12.1. The van der Waals surface area contributed by atoms with Crippen molar-refractivity contribution in [1.29, 1.82) is 0 Å². The number of carbonyl (C=O) groups is 1. The van der Waals surface area contributed by atoms with Gasteiger partial charge >= 0.3 is 5.97 Å². The highest BCUT2D eigenvalue weighted by Gasteiger charge is 2.30. The van der Waals surface area contributed by atoms with Crippen molar-refractivity contribution in [2.24, 2.45) is 5.92 Å². The molecular weight excluding hydrogens is 348 g/mol. The SMILES string of the molecule is C#Cc1ccc(CN2C[C@@H](CC(=O)OCC)C[C@H](c3ccc(N)cc3)C2)cc1. The molecule has 1 heterocycles. The lowest BCUT2D eigenvalue weighted by molar-refractivity contribution is -0.144. The minimum atomic E-state index is -0.108. The third-order valence-corrected chi connectivity index (χ3v) is 5.31. The molecule has 1 fully saturated rings. The number of likely N-dealkylation sites (tertiary alicyclic amines) is 1. The molecule has 0 radical (unpaired) electrons. The molecular formula is C24H28N2O2. The molecule has 4 heteroatoms. The fourth-order valence-corrected chi connectivity index (χ4v) is 4.01. The van der Waals surface area contributed by atoms with Gasteiger partial charge < -0.3 is 10.5 Å². The second kappa shape index (κ2) is 9.43. The van der Waals surface area contributed by atoms with Crippen molar-refractivity contribution in [3.05, 3.63) is 65.2 Å². The van der Waals surface area contributed by atoms with Crippen LogP contribution in [-0.2, 0) is 16.1 Å². The van der Waals surface area contributed by atoms with Gasteiger partial charge in [0.25, 0.3) is 0 Å². The van der Waals surface area contributed by atoms with Gasteiger partial charge in [-0.2, -0.15) is 0 Å². The van der Waals surface area contributed by atoms with Gasteiger partial charge in [-0.3, -0.25) is 9.69 Å². The number of esters is 1. The van der Waals surface area contributed by atoms with E-state index in [4.69, 9.17) is 16.9 Å². The van der Waals surface area contributed by atoms with Gasteiger partial charge in [0.15, 0.2) is 0 Å². The summed E-state index contributed by atoms with van der Waals surface area (Å²) >= 11 is 0. The van der Waals surface area contributed by atoms with Gasteiger partial charge in [0.05, 0.1) is 6.61 Å². The quantitative estimate of drug-likeness (QED) is 0.473. The van der Waals surface area contributed by atoms with Crippen molar-refractivity contribution in [1.82, 2.24) is 4.90 Å². The van der Waals surface area contributed by atoms with Gasteiger partial charge in [-0.05, 0) is 60.6 Å². The number of nitrogens with two attached hydrogens (primary N) is 1. The van der Waals surface area contributed by atoms with Crippen LogP contribution in [0.5, 0.6) is 0 Å². The molecule has 2 aromatic rings. The van der Waals surface area contributed by atoms with E-state index < -0.39 is 0 Å². The third kappa shape index (κ3) is 5.37. The molecule has 1 saturated heterocycles. The number of anilines is 1. The maximum absolute atomic E-state index is 12.1. The Labute approximate surface area is 167 Å². The Morgan fingerprint density at radius 2 is 1.89 bits per heavy atom. The van der Waals surface area contributed by atoms with Gasteiger partial charge in [-0.25, -0.2) is 0 Å². The van der Waals surface area contributed by atoms with Crippen LogP contribution in [0.15, 0.2) is 48.5 Å². The monoisotopic (exact) mass is 376 g/mol. The summed E-state index contributed by atoms with van der Waals surface area (Å²) in [7, 11) is 0. The first-order valence-electron chi connectivity index (χ1n) is 9.86. The summed E-state index contributed by atoms with van der Waals surface area (Å²) < 4.78 is 5.19. The van der Waals surface area contributed by atoms with Crippen LogP contribution >= 0.6 is 0 Å². The lowest BCUT2D eigenvalue weighted by Crippen LogP contribution is -2.40. The molecule has 0 saturated carbocycles. The van der Waals surface area contributed by atoms with Crippen LogP contribution in [0, 0.1) is 18.3 Å². The van der Waals surface area contributed by atoms with Gasteiger partial charge in [0, 0.05) is 37.3 Å². The normalized spacial score (nSPS) is 19.7. The first-order valence-corrected chi connectivity index (χ1v) is 9.86. The Hall–Kier alpha value is -2.77. The fraction of sp³-hybridized carbons (Fsp3) is 0.375. The molecule has 1 aliphatic heterocycles. The molecule has 2 N–H and O–H groups in total. The molecule has 0 aliphatic carbocycles. The molecule has 0 bridgehead atoms. The van der Waals surface area contributed by atoms with Crippen LogP contribution in [-0.4, -0.2) is 30.6 Å². The van der Waals surface area contributed by atoms with Gasteiger partial charge in [-0.15, -0.1) is 6.42 Å². The second-order valence-corrected chi connectivity index (χ2v) is 7.51. The average molecular weight is 377 g/mol. The Balaban J connectivity index is 1.74. The van der Waals surface area contributed by atoms with E-state index in [1.807, 2.05) is 31.2 Å². The van der Waals surface area contributed by atoms with Crippen LogP contribution in [0.25, 0.3) is 0 Å². The summed E-state index contributed by atoms with van der Waals surface area (Å²) in [5.41, 5.74) is 10.0. The van der Waals surface area contributed by atoms with Crippen LogP contribution in [0.4, 0.5) is 5.69 Å². The number of piperidine rings is 1. The first-order chi connectivity index (χ1) is 13.6. The van der Waals surface area contributed by atoms with E-state index in [1.165, 1.54) is 11.1 Å². The van der Waals surface area contributed by atoms with Crippen molar-refractivity contribution in [2.45, 2.75) is 32.2 Å². The summed E-state index contributed by atoms with van der Waals surface area (Å²) in [6, 6.07) is 16.2. The zero-order chi connectivity index (χ0) is 19.9. The van der Waals surface area contributed by atoms with Crippen LogP contribution in [0.3, 0.4) is 0 Å². The number of ether oxygens (including phenoxy) is 1. The number of benzene rings is 2. The fourth-order valence-electron chi connectivity index (χ4n) is 4.01. The molecule has 1 aliphatic rings. The highest BCUT2D eigenvalue weighted by Crippen LogP contribution is 2.33. The molecule has 2 aromatic carbocycles. The van der Waals surface area contributed by atoms with Crippen molar-refractivity contribution >= 4 is 11.7 Å². The predicted molar refractivity (Wildman–Crippen MR) is 113 cm³/mol. The minimum absolute atomic E-state index is 0.108. The number of nitrogens with zero attached hydrogens (tertiary/aromatic N) is 1. The molecule has 0 spiro atoms. The summed E-state index contributed by atoms with van der Waals surface area (Å²) in [5, 5.41) is 0. The third-order valence-electron chi connectivity index (χ3n) is 5.31. The Morgan fingerprint density at radius 1 is 1.18 bits per heavy atom. The lowest BCUT2D eigenvalue weighted by atomic mass is 9.83. The Bertz CT molecular complexity index is 821. The van der Waals surface area contributed by atoms with E-state index in [1.54, 1.807) is 0 Å². The van der Waals surface area contributed by atoms with Gasteiger partial charge in [-0.1, -0.05) is 30.2 Å². The molecule has 146 valence electrons. The average Bonchev–Trinajstić information content (AvgIpc) is 2.69. The number of rotatable bonds is 6. The van der Waals surface area contributed by atoms with Crippen molar-refractivity contribution in [3.63, 3.8) is 0 Å². The highest BCUT2D eigenvalue weighted by atomic mass is 16.5. The zero-order valence-electron chi connectivity index (χ0n) is 16.4. The number of hydrogen-bond acceptors (Lipinski definition) is 4. The molecule has 0 aromatic heterocycles. The molecule has 28 heavy (non-hydrogen) atoms. The Morgan fingerprint density at radius 3 is 2.54 bits per heavy atom. The molecule has 4 nitrogen and oxygen atoms in total. The molecule has 3 rings (SSSR count). The maximum Gasteiger partial charge on any atom is 0.306 e. The van der Waals surface area contributed by atoms with Crippen molar-refractivity contribution in [3.8, 4) is 12.3 Å². The van der Waals surface area contributed by atoms with Gasteiger partial charge in [0.2, 0.25) is 0 Å². The summed E-state index contributed by atoms with van der Waals surface area (Å²) in [5.74, 6) is 3.20. The smallest absolute Gasteiger partial charge is 0.306 e. The van der Waals surface area contributed by atoms with Crippen LogP contribution < -0.4 is 5.73 Å². The number of nitrogen functional groups attached to an aromatic ring is 1.